The molecule has 0 saturated carbocycles. The van der Waals surface area contributed by atoms with Crippen LogP contribution >= 0.6 is 0 Å². The number of hydrogen-bond donors (Lipinski definition) is 0. The van der Waals surface area contributed by atoms with Gasteiger partial charge >= 0.3 is 0 Å². The molecule has 0 aromatic heterocycles. The Morgan fingerprint density at radius 3 is 2.09 bits per heavy atom. The summed E-state index contributed by atoms with van der Waals surface area (Å²) in [7, 11) is 0. The van der Waals surface area contributed by atoms with E-state index in [1.54, 1.807) is 0 Å². The molecule has 0 radical (unpaired) electrons. The van der Waals surface area contributed by atoms with Crippen molar-refractivity contribution in [3.8, 4) is 5.75 Å². The number of rotatable bonds is 7. The molecule has 35 heavy (non-hydrogen) atoms. The Labute approximate surface area is 204 Å². The lowest BCUT2D eigenvalue weighted by Crippen LogP contribution is -2.40. The summed E-state index contributed by atoms with van der Waals surface area (Å²) >= 11 is 0. The molecule has 0 spiro atoms. The Bertz CT molecular complexity index is 1180. The minimum absolute atomic E-state index is 0.0254. The standard InChI is InChI=1S/C29H29NO5/c31-23-13-6-11-21-28(23)27(29-22(12-7-14-24(29)32)30(21)17-16-26(33)34)20-10-4-5-15-25(20)35-18-19-8-2-1-3-9-19/h1-5,8-10,15,27H,6-7,11-14,16-18H2,(H,33,34)/p-1. The van der Waals surface area contributed by atoms with E-state index in [0.29, 0.717) is 49.2 Å². The molecule has 2 aliphatic carbocycles. The van der Waals surface area contributed by atoms with Gasteiger partial charge in [-0.1, -0.05) is 48.5 Å². The Morgan fingerprint density at radius 2 is 1.46 bits per heavy atom. The molecular weight excluding hydrogens is 442 g/mol. The molecule has 0 unspecified atom stereocenters. The molecule has 6 nitrogen and oxygen atoms in total. The van der Waals surface area contributed by atoms with Gasteiger partial charge < -0.3 is 19.5 Å². The maximum atomic E-state index is 13.4. The molecule has 1 heterocycles. The minimum Gasteiger partial charge on any atom is -0.550 e. The van der Waals surface area contributed by atoms with Gasteiger partial charge in [0, 0.05) is 65.8 Å². The van der Waals surface area contributed by atoms with E-state index in [9.17, 15) is 19.5 Å². The molecule has 1 aliphatic heterocycles. The van der Waals surface area contributed by atoms with Crippen molar-refractivity contribution in [1.82, 2.24) is 4.90 Å². The molecule has 0 atom stereocenters. The third kappa shape index (κ3) is 4.53. The number of allylic oxidation sites excluding steroid dienone is 4. The van der Waals surface area contributed by atoms with Crippen LogP contribution in [-0.2, 0) is 21.0 Å². The van der Waals surface area contributed by atoms with Gasteiger partial charge in [-0.25, -0.2) is 0 Å². The van der Waals surface area contributed by atoms with E-state index in [4.69, 9.17) is 4.74 Å². The number of ketones is 2. The summed E-state index contributed by atoms with van der Waals surface area (Å²) < 4.78 is 6.24. The van der Waals surface area contributed by atoms with Gasteiger partial charge in [0.15, 0.2) is 11.6 Å². The SMILES string of the molecule is O=C([O-])CCN1C2=C(C(=O)CCC2)C(c2ccccc2OCc2ccccc2)C2=C1CCCC2=O. The number of hydrogen-bond acceptors (Lipinski definition) is 6. The molecule has 0 N–H and O–H groups in total. The van der Waals surface area contributed by atoms with Gasteiger partial charge in [0.05, 0.1) is 0 Å². The summed E-state index contributed by atoms with van der Waals surface area (Å²) in [5.41, 5.74) is 4.81. The number of carbonyl (C=O) groups excluding carboxylic acids is 3. The van der Waals surface area contributed by atoms with E-state index in [1.165, 1.54) is 0 Å². The first-order chi connectivity index (χ1) is 17.0. The lowest BCUT2D eigenvalue weighted by molar-refractivity contribution is -0.305. The van der Waals surface area contributed by atoms with Crippen LogP contribution in [0.2, 0.25) is 0 Å². The molecule has 5 rings (SSSR count). The van der Waals surface area contributed by atoms with Crippen LogP contribution in [0.25, 0.3) is 0 Å². The topological polar surface area (TPSA) is 86.7 Å². The summed E-state index contributed by atoms with van der Waals surface area (Å²) in [5.74, 6) is -0.929. The highest BCUT2D eigenvalue weighted by Crippen LogP contribution is 2.50. The number of aliphatic carboxylic acids is 1. The highest BCUT2D eigenvalue weighted by atomic mass is 16.5. The molecular formula is C29H28NO5-. The van der Waals surface area contributed by atoms with Crippen LogP contribution in [0.3, 0.4) is 0 Å². The smallest absolute Gasteiger partial charge is 0.161 e. The number of carboxylic acid groups (broad SMARTS) is 1. The first-order valence-corrected chi connectivity index (χ1v) is 12.3. The van der Waals surface area contributed by atoms with E-state index < -0.39 is 11.9 Å². The van der Waals surface area contributed by atoms with Gasteiger partial charge in [-0.05, 0) is 37.3 Å². The van der Waals surface area contributed by atoms with Gasteiger partial charge in [0.1, 0.15) is 12.4 Å². The summed E-state index contributed by atoms with van der Waals surface area (Å²) in [5, 5.41) is 11.3. The maximum absolute atomic E-state index is 13.4. The summed E-state index contributed by atoms with van der Waals surface area (Å²) in [6, 6.07) is 17.5. The Balaban J connectivity index is 1.62. The number of ether oxygens (including phenoxy) is 1. The Kier molecular flexibility index (Phi) is 6.53. The van der Waals surface area contributed by atoms with Crippen molar-refractivity contribution in [3.05, 3.63) is 88.3 Å². The zero-order chi connectivity index (χ0) is 24.4. The van der Waals surface area contributed by atoms with Gasteiger partial charge in [0.25, 0.3) is 0 Å². The molecule has 0 fully saturated rings. The number of carboxylic acids is 1. The van der Waals surface area contributed by atoms with E-state index >= 15 is 0 Å². The van der Waals surface area contributed by atoms with Crippen LogP contribution in [-0.4, -0.2) is 29.0 Å². The van der Waals surface area contributed by atoms with Gasteiger partial charge in [0.2, 0.25) is 0 Å². The fourth-order valence-corrected chi connectivity index (χ4v) is 5.59. The van der Waals surface area contributed by atoms with E-state index in [0.717, 1.165) is 35.4 Å². The van der Waals surface area contributed by atoms with Crippen LogP contribution in [0.5, 0.6) is 5.75 Å². The molecule has 2 aromatic carbocycles. The zero-order valence-corrected chi connectivity index (χ0v) is 19.6. The monoisotopic (exact) mass is 470 g/mol. The third-order valence-corrected chi connectivity index (χ3v) is 7.09. The lowest BCUT2D eigenvalue weighted by atomic mass is 9.70. The van der Waals surface area contributed by atoms with Crippen molar-refractivity contribution >= 4 is 17.5 Å². The largest absolute Gasteiger partial charge is 0.550 e. The fourth-order valence-electron chi connectivity index (χ4n) is 5.59. The van der Waals surface area contributed by atoms with Crippen LogP contribution in [0, 0.1) is 0 Å². The predicted molar refractivity (Wildman–Crippen MR) is 128 cm³/mol. The number of para-hydroxylation sites is 1. The average Bonchev–Trinajstić information content (AvgIpc) is 2.87. The van der Waals surface area contributed by atoms with E-state index in [-0.39, 0.29) is 24.5 Å². The normalized spacial score (nSPS) is 18.5. The maximum Gasteiger partial charge on any atom is 0.161 e. The third-order valence-electron chi connectivity index (χ3n) is 7.09. The van der Waals surface area contributed by atoms with Crippen molar-refractivity contribution in [3.63, 3.8) is 0 Å². The fraction of sp³-hybridized carbons (Fsp3) is 0.345. The first kappa shape index (κ1) is 23.1. The summed E-state index contributed by atoms with van der Waals surface area (Å²) in [6.07, 6.45) is 3.49. The average molecular weight is 471 g/mol. The second-order valence-corrected chi connectivity index (χ2v) is 9.29. The van der Waals surface area contributed by atoms with Crippen LogP contribution in [0.1, 0.15) is 62.0 Å². The quantitative estimate of drug-likeness (QED) is 0.612. The lowest BCUT2D eigenvalue weighted by Gasteiger charge is -2.44. The van der Waals surface area contributed by atoms with E-state index in [2.05, 4.69) is 0 Å². The molecule has 3 aliphatic rings. The number of nitrogens with zero attached hydrogens (tertiary/aromatic N) is 1. The van der Waals surface area contributed by atoms with E-state index in [1.807, 2.05) is 59.5 Å². The molecule has 2 aromatic rings. The molecule has 0 amide bonds. The highest BCUT2D eigenvalue weighted by molar-refractivity contribution is 6.06. The summed E-state index contributed by atoms with van der Waals surface area (Å²) in [4.78, 5) is 40.0. The molecule has 0 bridgehead atoms. The second kappa shape index (κ2) is 9.90. The minimum atomic E-state index is -1.14. The number of Topliss-reactive ketones (excluding diaryl/α,β-unsaturated/α-hetero) is 2. The van der Waals surface area contributed by atoms with Crippen molar-refractivity contribution < 1.29 is 24.2 Å². The Hall–Kier alpha value is -3.67. The molecule has 0 saturated heterocycles. The van der Waals surface area contributed by atoms with Crippen molar-refractivity contribution in [2.75, 3.05) is 6.54 Å². The van der Waals surface area contributed by atoms with Crippen LogP contribution in [0.4, 0.5) is 0 Å². The van der Waals surface area contributed by atoms with Gasteiger partial charge in [-0.15, -0.1) is 0 Å². The zero-order valence-electron chi connectivity index (χ0n) is 19.6. The molecule has 6 heteroatoms. The first-order valence-electron chi connectivity index (χ1n) is 12.3. The summed E-state index contributed by atoms with van der Waals surface area (Å²) in [6.45, 7) is 0.585. The van der Waals surface area contributed by atoms with Crippen LogP contribution in [0.15, 0.2) is 77.1 Å². The Morgan fingerprint density at radius 1 is 0.857 bits per heavy atom. The molecule has 180 valence electrons. The van der Waals surface area contributed by atoms with Crippen molar-refractivity contribution in [1.29, 1.82) is 0 Å². The van der Waals surface area contributed by atoms with Gasteiger partial charge in [-0.2, -0.15) is 0 Å². The van der Waals surface area contributed by atoms with Gasteiger partial charge in [-0.3, -0.25) is 9.59 Å². The van der Waals surface area contributed by atoms with Crippen molar-refractivity contribution in [2.45, 2.75) is 57.5 Å². The predicted octanol–water partition coefficient (Wildman–Crippen LogP) is 3.82. The number of benzene rings is 2. The van der Waals surface area contributed by atoms with Crippen molar-refractivity contribution in [2.24, 2.45) is 0 Å². The highest BCUT2D eigenvalue weighted by Gasteiger charge is 2.43. The second-order valence-electron chi connectivity index (χ2n) is 9.29. The van der Waals surface area contributed by atoms with Crippen LogP contribution < -0.4 is 9.84 Å². The number of carbonyl (C=O) groups is 3.